The van der Waals surface area contributed by atoms with Crippen molar-refractivity contribution in [3.8, 4) is 0 Å². The third-order valence-corrected chi connectivity index (χ3v) is 4.21. The first kappa shape index (κ1) is 13.0. The van der Waals surface area contributed by atoms with Gasteiger partial charge in [0.25, 0.3) is 11.8 Å². The van der Waals surface area contributed by atoms with Crippen LogP contribution >= 0.6 is 0 Å². The van der Waals surface area contributed by atoms with Crippen molar-refractivity contribution in [1.29, 1.82) is 0 Å². The second-order valence-corrected chi connectivity index (χ2v) is 5.51. The third-order valence-electron chi connectivity index (χ3n) is 4.21. The molecule has 0 atom stereocenters. The fourth-order valence-corrected chi connectivity index (χ4v) is 3.09. The quantitative estimate of drug-likeness (QED) is 0.799. The fraction of sp³-hybridized carbons (Fsp3) is 0.167. The van der Waals surface area contributed by atoms with E-state index in [9.17, 15) is 9.59 Å². The van der Waals surface area contributed by atoms with Crippen molar-refractivity contribution in [2.24, 2.45) is 0 Å². The van der Waals surface area contributed by atoms with Crippen LogP contribution in [-0.4, -0.2) is 21.7 Å². The Morgan fingerprint density at radius 3 is 2.82 bits per heavy atom. The number of allylic oxidation sites excluding steroid dienone is 1. The number of rotatable bonds is 2. The molecule has 4 nitrogen and oxygen atoms in total. The fourth-order valence-electron chi connectivity index (χ4n) is 3.09. The SMILES string of the molecule is O=C1C2=C(CCC=C2)C(=O)N1Cc1nccc2ccccc12. The zero-order valence-electron chi connectivity index (χ0n) is 12.0. The molecule has 2 aromatic rings. The molecule has 0 radical (unpaired) electrons. The Bertz CT molecular complexity index is 859. The number of nitrogens with zero attached hydrogens (tertiary/aromatic N) is 2. The Labute approximate surface area is 127 Å². The number of carbonyl (C=O) groups is 2. The molecule has 0 unspecified atom stereocenters. The van der Waals surface area contributed by atoms with Crippen LogP contribution < -0.4 is 0 Å². The summed E-state index contributed by atoms with van der Waals surface area (Å²) in [4.78, 5) is 30.6. The molecule has 0 fully saturated rings. The zero-order valence-corrected chi connectivity index (χ0v) is 12.0. The minimum Gasteiger partial charge on any atom is -0.269 e. The standard InChI is InChI=1S/C18H14N2O2/c21-17-14-7-3-4-8-15(14)18(22)20(17)11-16-13-6-2-1-5-12(13)9-10-19-16/h1-3,5-7,9-10H,4,8,11H2. The van der Waals surface area contributed by atoms with E-state index in [1.807, 2.05) is 36.4 Å². The summed E-state index contributed by atoms with van der Waals surface area (Å²) in [6, 6.07) is 9.80. The van der Waals surface area contributed by atoms with Crippen LogP contribution in [0.25, 0.3) is 10.8 Å². The summed E-state index contributed by atoms with van der Waals surface area (Å²) in [5.74, 6) is -0.371. The Morgan fingerprint density at radius 2 is 1.95 bits per heavy atom. The van der Waals surface area contributed by atoms with Crippen molar-refractivity contribution in [2.75, 3.05) is 0 Å². The minimum absolute atomic E-state index is 0.168. The van der Waals surface area contributed by atoms with Crippen LogP contribution in [0.5, 0.6) is 0 Å². The molecule has 22 heavy (non-hydrogen) atoms. The summed E-state index contributed by atoms with van der Waals surface area (Å²) in [5, 5.41) is 2.04. The minimum atomic E-state index is -0.203. The second kappa shape index (κ2) is 4.91. The van der Waals surface area contributed by atoms with Gasteiger partial charge in [-0.2, -0.15) is 0 Å². The van der Waals surface area contributed by atoms with Gasteiger partial charge >= 0.3 is 0 Å². The van der Waals surface area contributed by atoms with E-state index in [1.165, 1.54) is 4.90 Å². The van der Waals surface area contributed by atoms with E-state index in [0.717, 1.165) is 22.9 Å². The maximum Gasteiger partial charge on any atom is 0.261 e. The molecule has 0 saturated carbocycles. The van der Waals surface area contributed by atoms with Gasteiger partial charge in [0, 0.05) is 22.7 Å². The van der Waals surface area contributed by atoms with E-state index in [-0.39, 0.29) is 18.4 Å². The lowest BCUT2D eigenvalue weighted by Gasteiger charge is -2.15. The molecule has 0 N–H and O–H groups in total. The monoisotopic (exact) mass is 290 g/mol. The van der Waals surface area contributed by atoms with Crippen molar-refractivity contribution < 1.29 is 9.59 Å². The van der Waals surface area contributed by atoms with Crippen molar-refractivity contribution in [1.82, 2.24) is 9.88 Å². The van der Waals surface area contributed by atoms with Crippen LogP contribution in [0.4, 0.5) is 0 Å². The highest BCUT2D eigenvalue weighted by Gasteiger charge is 2.37. The summed E-state index contributed by atoms with van der Waals surface area (Å²) in [5.41, 5.74) is 1.95. The molecular formula is C18H14N2O2. The van der Waals surface area contributed by atoms with Gasteiger partial charge in [0.15, 0.2) is 0 Å². The van der Waals surface area contributed by atoms with Gasteiger partial charge in [0.1, 0.15) is 0 Å². The lowest BCUT2D eigenvalue weighted by atomic mass is 10.00. The van der Waals surface area contributed by atoms with Crippen molar-refractivity contribution in [3.63, 3.8) is 0 Å². The topological polar surface area (TPSA) is 50.3 Å². The van der Waals surface area contributed by atoms with Crippen LogP contribution in [0.3, 0.4) is 0 Å². The molecule has 1 aromatic carbocycles. The van der Waals surface area contributed by atoms with Crippen LogP contribution in [-0.2, 0) is 16.1 Å². The van der Waals surface area contributed by atoms with Crippen molar-refractivity contribution >= 4 is 22.6 Å². The van der Waals surface area contributed by atoms with E-state index in [1.54, 1.807) is 12.3 Å². The van der Waals surface area contributed by atoms with Gasteiger partial charge in [0.05, 0.1) is 12.2 Å². The largest absolute Gasteiger partial charge is 0.269 e. The predicted octanol–water partition coefficient (Wildman–Crippen LogP) is 2.75. The van der Waals surface area contributed by atoms with E-state index in [4.69, 9.17) is 0 Å². The number of pyridine rings is 1. The van der Waals surface area contributed by atoms with Gasteiger partial charge in [-0.1, -0.05) is 36.4 Å². The van der Waals surface area contributed by atoms with E-state index < -0.39 is 0 Å². The van der Waals surface area contributed by atoms with Crippen LogP contribution in [0.1, 0.15) is 18.5 Å². The Kier molecular flexibility index (Phi) is 2.89. The number of hydrogen-bond acceptors (Lipinski definition) is 3. The number of benzene rings is 1. The van der Waals surface area contributed by atoms with Gasteiger partial charge in [-0.05, 0) is 24.3 Å². The lowest BCUT2D eigenvalue weighted by molar-refractivity contribution is -0.138. The molecule has 0 spiro atoms. The molecule has 4 rings (SSSR count). The molecule has 2 aliphatic rings. The number of aromatic nitrogens is 1. The summed E-state index contributed by atoms with van der Waals surface area (Å²) in [7, 11) is 0. The predicted molar refractivity (Wildman–Crippen MR) is 82.7 cm³/mol. The highest BCUT2D eigenvalue weighted by atomic mass is 16.2. The molecular weight excluding hydrogens is 276 g/mol. The molecule has 4 heteroatoms. The molecule has 2 heterocycles. The number of amides is 2. The van der Waals surface area contributed by atoms with Gasteiger partial charge in [-0.3, -0.25) is 19.5 Å². The first-order valence-corrected chi connectivity index (χ1v) is 7.34. The molecule has 0 bridgehead atoms. The van der Waals surface area contributed by atoms with E-state index >= 15 is 0 Å². The zero-order chi connectivity index (χ0) is 15.1. The molecule has 2 amide bonds. The maximum absolute atomic E-state index is 12.5. The van der Waals surface area contributed by atoms with Crippen LogP contribution in [0.2, 0.25) is 0 Å². The molecule has 1 aliphatic carbocycles. The summed E-state index contributed by atoms with van der Waals surface area (Å²) in [6.07, 6.45) is 6.91. The van der Waals surface area contributed by atoms with E-state index in [2.05, 4.69) is 4.98 Å². The number of hydrogen-bond donors (Lipinski definition) is 0. The first-order valence-electron chi connectivity index (χ1n) is 7.34. The van der Waals surface area contributed by atoms with Gasteiger partial charge < -0.3 is 0 Å². The highest BCUT2D eigenvalue weighted by molar-refractivity contribution is 6.20. The first-order chi connectivity index (χ1) is 10.8. The molecule has 1 aliphatic heterocycles. The Morgan fingerprint density at radius 1 is 1.09 bits per heavy atom. The van der Waals surface area contributed by atoms with E-state index in [0.29, 0.717) is 17.6 Å². The summed E-state index contributed by atoms with van der Waals surface area (Å²) in [6.45, 7) is 0.222. The number of carbonyl (C=O) groups excluding carboxylic acids is 2. The Balaban J connectivity index is 1.71. The van der Waals surface area contributed by atoms with Crippen LogP contribution in [0.15, 0.2) is 59.8 Å². The van der Waals surface area contributed by atoms with Gasteiger partial charge in [-0.15, -0.1) is 0 Å². The smallest absolute Gasteiger partial charge is 0.261 e. The number of fused-ring (bicyclic) bond motifs is 1. The maximum atomic E-state index is 12.5. The van der Waals surface area contributed by atoms with Crippen LogP contribution in [0, 0.1) is 0 Å². The van der Waals surface area contributed by atoms with Crippen molar-refractivity contribution in [3.05, 3.63) is 65.5 Å². The normalized spacial score (nSPS) is 17.5. The summed E-state index contributed by atoms with van der Waals surface area (Å²) < 4.78 is 0. The number of imide groups is 1. The lowest BCUT2D eigenvalue weighted by Crippen LogP contribution is -2.31. The third kappa shape index (κ3) is 1.88. The van der Waals surface area contributed by atoms with Crippen molar-refractivity contribution in [2.45, 2.75) is 19.4 Å². The van der Waals surface area contributed by atoms with Gasteiger partial charge in [-0.25, -0.2) is 0 Å². The Hall–Kier alpha value is -2.75. The molecule has 108 valence electrons. The second-order valence-electron chi connectivity index (χ2n) is 5.51. The average molecular weight is 290 g/mol. The molecule has 1 aromatic heterocycles. The average Bonchev–Trinajstić information content (AvgIpc) is 2.81. The highest BCUT2D eigenvalue weighted by Crippen LogP contribution is 2.30. The summed E-state index contributed by atoms with van der Waals surface area (Å²) >= 11 is 0. The van der Waals surface area contributed by atoms with Gasteiger partial charge in [0.2, 0.25) is 0 Å². The molecule has 0 saturated heterocycles.